The number of piperazine rings is 1. The molecule has 0 spiro atoms. The van der Waals surface area contributed by atoms with Crippen molar-refractivity contribution in [1.82, 2.24) is 14.7 Å². The first-order valence-electron chi connectivity index (χ1n) is 13.0. The van der Waals surface area contributed by atoms with Gasteiger partial charge in [-0.3, -0.25) is 4.79 Å². The van der Waals surface area contributed by atoms with Crippen LogP contribution in [0.2, 0.25) is 0 Å². The first-order valence-corrected chi connectivity index (χ1v) is 14.5. The fourth-order valence-corrected chi connectivity index (χ4v) is 7.63. The largest absolute Gasteiger partial charge is 0.435 e. The van der Waals surface area contributed by atoms with Crippen molar-refractivity contribution in [1.29, 1.82) is 0 Å². The quantitative estimate of drug-likeness (QED) is 0.345. The molecule has 2 aromatic carbocycles. The monoisotopic (exact) mass is 641 g/mol. The number of aryl methyl sites for hydroxylation is 1. The molecule has 2 fully saturated rings. The van der Waals surface area contributed by atoms with Crippen LogP contribution >= 0.6 is 0 Å². The summed E-state index contributed by atoms with van der Waals surface area (Å²) in [6.45, 7) is 2.73. The van der Waals surface area contributed by atoms with Gasteiger partial charge in [0, 0.05) is 51.8 Å². The van der Waals surface area contributed by atoms with Crippen molar-refractivity contribution in [3.05, 3.63) is 65.0 Å². The van der Waals surface area contributed by atoms with Gasteiger partial charge in [0.05, 0.1) is 4.90 Å². The summed E-state index contributed by atoms with van der Waals surface area (Å²) in [5, 5.41) is 0. The second-order valence-corrected chi connectivity index (χ2v) is 12.8. The minimum atomic E-state index is -6.37. The van der Waals surface area contributed by atoms with Crippen LogP contribution < -0.4 is 0 Å². The molecule has 3 amide bonds. The van der Waals surface area contributed by atoms with Crippen LogP contribution in [-0.4, -0.2) is 86.7 Å². The van der Waals surface area contributed by atoms with Crippen LogP contribution in [0.3, 0.4) is 0 Å². The summed E-state index contributed by atoms with van der Waals surface area (Å²) in [4.78, 5) is 28.7. The summed E-state index contributed by atoms with van der Waals surface area (Å²) in [5.41, 5.74) is -7.84. The van der Waals surface area contributed by atoms with Crippen LogP contribution in [0.1, 0.15) is 30.0 Å². The van der Waals surface area contributed by atoms with Crippen LogP contribution in [0.5, 0.6) is 0 Å². The molecular formula is C27H27F8N3O4S. The highest BCUT2D eigenvalue weighted by Crippen LogP contribution is 2.54. The number of alkyl halides is 7. The molecule has 0 radical (unpaired) electrons. The molecule has 236 valence electrons. The average Bonchev–Trinajstić information content (AvgIpc) is 3.40. The summed E-state index contributed by atoms with van der Waals surface area (Å²) >= 11 is 0. The van der Waals surface area contributed by atoms with Crippen molar-refractivity contribution in [2.24, 2.45) is 0 Å². The molecule has 4 rings (SSSR count). The van der Waals surface area contributed by atoms with Crippen molar-refractivity contribution >= 4 is 21.8 Å². The Bertz CT molecular complexity index is 1490. The summed E-state index contributed by atoms with van der Waals surface area (Å²) < 4.78 is 135. The lowest BCUT2D eigenvalue weighted by Crippen LogP contribution is -2.54. The van der Waals surface area contributed by atoms with Crippen molar-refractivity contribution in [3.8, 4) is 0 Å². The lowest BCUT2D eigenvalue weighted by Gasteiger charge is -2.37. The maximum atomic E-state index is 14.7. The highest BCUT2D eigenvalue weighted by atomic mass is 32.2. The predicted octanol–water partition coefficient (Wildman–Crippen LogP) is 5.08. The maximum absolute atomic E-state index is 14.7. The predicted molar refractivity (Wildman–Crippen MR) is 137 cm³/mol. The van der Waals surface area contributed by atoms with Gasteiger partial charge in [-0.05, 0) is 42.7 Å². The molecule has 0 saturated carbocycles. The third kappa shape index (κ3) is 5.42. The first kappa shape index (κ1) is 32.5. The molecule has 0 aliphatic carbocycles. The van der Waals surface area contributed by atoms with E-state index in [9.17, 15) is 53.1 Å². The molecule has 0 N–H and O–H groups in total. The number of sulfone groups is 1. The lowest BCUT2D eigenvalue weighted by atomic mass is 9.90. The first-order chi connectivity index (χ1) is 19.8. The molecule has 2 aromatic rings. The number of urea groups is 1. The third-order valence-electron chi connectivity index (χ3n) is 8.04. The molecule has 0 bridgehead atoms. The Hall–Kier alpha value is -3.43. The Balaban J connectivity index is 1.77. The van der Waals surface area contributed by atoms with Gasteiger partial charge in [0.2, 0.25) is 5.91 Å². The topological polar surface area (TPSA) is 78.0 Å². The number of nitrogens with zero attached hydrogens (tertiary/aromatic N) is 3. The number of amides is 3. The molecule has 0 aromatic heterocycles. The molecule has 43 heavy (non-hydrogen) atoms. The minimum Gasteiger partial charge on any atom is -0.339 e. The van der Waals surface area contributed by atoms with E-state index in [-0.39, 0.29) is 73.2 Å². The number of carbonyl (C=O) groups is 2. The zero-order valence-corrected chi connectivity index (χ0v) is 23.7. The van der Waals surface area contributed by atoms with Gasteiger partial charge in [0.25, 0.3) is 0 Å². The van der Waals surface area contributed by atoms with Gasteiger partial charge < -0.3 is 14.7 Å². The molecule has 7 nitrogen and oxygen atoms in total. The average molecular weight is 642 g/mol. The van der Waals surface area contributed by atoms with E-state index in [4.69, 9.17) is 0 Å². The molecule has 1 atom stereocenters. The molecule has 2 heterocycles. The van der Waals surface area contributed by atoms with Gasteiger partial charge in [-0.15, -0.1) is 0 Å². The number of benzene rings is 2. The van der Waals surface area contributed by atoms with Crippen molar-refractivity contribution in [2.45, 2.75) is 47.9 Å². The highest BCUT2D eigenvalue weighted by Gasteiger charge is 2.73. The van der Waals surface area contributed by atoms with Gasteiger partial charge in [-0.2, -0.15) is 26.3 Å². The normalized spacial score (nSPS) is 20.5. The smallest absolute Gasteiger partial charge is 0.339 e. The zero-order chi connectivity index (χ0) is 32.2. The Morgan fingerprint density at radius 3 is 1.81 bits per heavy atom. The van der Waals surface area contributed by atoms with E-state index < -0.39 is 56.6 Å². The molecular weight excluding hydrogens is 614 g/mol. The van der Waals surface area contributed by atoms with E-state index >= 15 is 0 Å². The second kappa shape index (κ2) is 10.9. The fourth-order valence-electron chi connectivity index (χ4n) is 5.47. The van der Waals surface area contributed by atoms with Crippen LogP contribution in [0.4, 0.5) is 39.9 Å². The third-order valence-corrected chi connectivity index (χ3v) is 10.5. The highest BCUT2D eigenvalue weighted by molar-refractivity contribution is 7.92. The van der Waals surface area contributed by atoms with E-state index in [0.717, 1.165) is 18.2 Å². The number of halogens is 8. The molecule has 16 heteroatoms. The molecule has 2 aliphatic heterocycles. The number of hydrogen-bond donors (Lipinski definition) is 0. The number of rotatable bonds is 4. The second-order valence-electron chi connectivity index (χ2n) is 10.6. The van der Waals surface area contributed by atoms with Crippen LogP contribution in [0, 0.1) is 12.7 Å². The number of likely N-dealkylation sites (tertiary alicyclic amines) is 1. The minimum absolute atomic E-state index is 0.0431. The van der Waals surface area contributed by atoms with E-state index in [0.29, 0.717) is 12.1 Å². The van der Waals surface area contributed by atoms with Crippen LogP contribution in [0.25, 0.3) is 0 Å². The van der Waals surface area contributed by atoms with E-state index in [1.54, 1.807) is 0 Å². The van der Waals surface area contributed by atoms with Crippen LogP contribution in [0.15, 0.2) is 47.4 Å². The standard InChI is InChI=1S/C27H27F8N3O4S/c1-17-15-21(7-8-22(17)28)43(41,42)24(9-10-38(16-24)23(40)37-13-11-36(12-14-37)18(2)39)19-3-5-20(6-4-19)25(29,26(30,31)32)27(33,34)35/h3-8,15H,9-14,16H2,1-2H3. The van der Waals surface area contributed by atoms with E-state index in [1.165, 1.54) is 28.5 Å². The SMILES string of the molecule is CC(=O)N1CCN(C(=O)N2CCC(c3ccc(C(F)(C(F)(F)F)C(F)(F)F)cc3)(S(=O)(=O)c3ccc(F)c(C)c3)C2)CC1. The van der Waals surface area contributed by atoms with E-state index in [1.807, 2.05) is 0 Å². The molecule has 2 saturated heterocycles. The fraction of sp³-hybridized carbons (Fsp3) is 0.481. The Kier molecular flexibility index (Phi) is 8.26. The Morgan fingerprint density at radius 1 is 0.791 bits per heavy atom. The summed E-state index contributed by atoms with van der Waals surface area (Å²) in [6.07, 6.45) is -13.1. The lowest BCUT2D eigenvalue weighted by molar-refractivity contribution is -0.348. The van der Waals surface area contributed by atoms with Gasteiger partial charge in [0.1, 0.15) is 10.6 Å². The number of carbonyl (C=O) groups excluding carboxylic acids is 2. The van der Waals surface area contributed by atoms with Gasteiger partial charge in [-0.1, -0.05) is 24.3 Å². The van der Waals surface area contributed by atoms with Crippen molar-refractivity contribution < 1.29 is 53.1 Å². The maximum Gasteiger partial charge on any atom is 0.435 e. The number of hydrogen-bond acceptors (Lipinski definition) is 4. The van der Waals surface area contributed by atoms with Gasteiger partial charge >= 0.3 is 24.1 Å². The van der Waals surface area contributed by atoms with Crippen LogP contribution in [-0.2, 0) is 25.0 Å². The zero-order valence-electron chi connectivity index (χ0n) is 22.9. The molecule has 2 aliphatic rings. The summed E-state index contributed by atoms with van der Waals surface area (Å²) in [6, 6.07) is 4.14. The van der Waals surface area contributed by atoms with Gasteiger partial charge in [0.15, 0.2) is 9.84 Å². The van der Waals surface area contributed by atoms with Crippen molar-refractivity contribution in [2.75, 3.05) is 39.3 Å². The Labute approximate surface area is 242 Å². The Morgan fingerprint density at radius 2 is 1.33 bits per heavy atom. The van der Waals surface area contributed by atoms with Gasteiger partial charge in [-0.25, -0.2) is 22.0 Å². The van der Waals surface area contributed by atoms with Crippen molar-refractivity contribution in [3.63, 3.8) is 0 Å². The summed E-state index contributed by atoms with van der Waals surface area (Å²) in [7, 11) is -4.59. The molecule has 1 unspecified atom stereocenters. The summed E-state index contributed by atoms with van der Waals surface area (Å²) in [5.74, 6) is -0.909. The van der Waals surface area contributed by atoms with E-state index in [2.05, 4.69) is 0 Å².